The first-order valence-electron chi connectivity index (χ1n) is 1.41. The molecule has 0 unspecified atom stereocenters. The van der Waals surface area contributed by atoms with Gasteiger partial charge in [0.1, 0.15) is 0 Å². The van der Waals surface area contributed by atoms with Gasteiger partial charge in [-0.1, -0.05) is 12.7 Å². The van der Waals surface area contributed by atoms with Crippen LogP contribution in [0.25, 0.3) is 0 Å². The van der Waals surface area contributed by atoms with Gasteiger partial charge in [0.15, 0.2) is 0 Å². The largest absolute Gasteiger partial charge is 0.0990 e. The topological polar surface area (TPSA) is 0 Å². The van der Waals surface area contributed by atoms with E-state index in [4.69, 9.17) is 0 Å². The molecular formula is C4H4Br2. The fourth-order valence-electron chi connectivity index (χ4n) is 0.0891. The second-order valence-electron chi connectivity index (χ2n) is 0.692. The molecule has 0 spiro atoms. The summed E-state index contributed by atoms with van der Waals surface area (Å²) >= 11 is 6.28. The average Bonchev–Trinajstić information content (AvgIpc) is 1.35. The van der Waals surface area contributed by atoms with Crippen LogP contribution in [0.1, 0.15) is 0 Å². The molecule has 0 aliphatic rings. The Hall–Kier alpha value is 0.440. The average molecular weight is 212 g/mol. The normalized spacial score (nSPS) is 7.00. The molecule has 0 aliphatic carbocycles. The molecule has 0 N–H and O–H groups in total. The van der Waals surface area contributed by atoms with Crippen LogP contribution < -0.4 is 0 Å². The third-order valence-corrected chi connectivity index (χ3v) is 0.773. The van der Waals surface area contributed by atoms with Crippen LogP contribution in [-0.4, -0.2) is 0 Å². The van der Waals surface area contributed by atoms with Gasteiger partial charge in [-0.3, -0.25) is 0 Å². The predicted octanol–water partition coefficient (Wildman–Crippen LogP) is 2.80. The zero-order valence-electron chi connectivity index (χ0n) is 3.12. The summed E-state index contributed by atoms with van der Waals surface area (Å²) in [7, 11) is 0. The van der Waals surface area contributed by atoms with Crippen LogP contribution in [0.5, 0.6) is 0 Å². The fourth-order valence-corrected chi connectivity index (χ4v) is 0.463. The van der Waals surface area contributed by atoms with Crippen LogP contribution in [0.2, 0.25) is 0 Å². The van der Waals surface area contributed by atoms with E-state index in [9.17, 15) is 0 Å². The van der Waals surface area contributed by atoms with Gasteiger partial charge in [-0.15, -0.1) is 0 Å². The highest BCUT2D eigenvalue weighted by Crippen LogP contribution is 2.11. The van der Waals surface area contributed by atoms with Crippen LogP contribution in [0.4, 0.5) is 0 Å². The highest BCUT2D eigenvalue weighted by Gasteiger charge is 1.69. The third-order valence-electron chi connectivity index (χ3n) is 0.244. The van der Waals surface area contributed by atoms with Gasteiger partial charge in [0.25, 0.3) is 0 Å². The van der Waals surface area contributed by atoms with Crippen molar-refractivity contribution in [3.8, 4) is 0 Å². The van der Waals surface area contributed by atoms with E-state index in [-0.39, 0.29) is 0 Å². The van der Waals surface area contributed by atoms with Gasteiger partial charge in [-0.25, -0.2) is 0 Å². The molecule has 2 heteroatoms. The van der Waals surface area contributed by atoms with E-state index in [0.717, 1.165) is 3.39 Å². The monoisotopic (exact) mass is 210 g/mol. The zero-order chi connectivity index (χ0) is 4.99. The molecule has 0 aromatic heterocycles. The van der Waals surface area contributed by atoms with E-state index in [0.29, 0.717) is 0 Å². The molecule has 0 rings (SSSR count). The summed E-state index contributed by atoms with van der Waals surface area (Å²) in [5.41, 5.74) is 0. The minimum absolute atomic E-state index is 0.921. The van der Waals surface area contributed by atoms with Gasteiger partial charge >= 0.3 is 0 Å². The first kappa shape index (κ1) is 6.44. The molecule has 0 atom stereocenters. The van der Waals surface area contributed by atoms with Gasteiger partial charge in [-0.05, 0) is 37.9 Å². The maximum atomic E-state index is 3.46. The van der Waals surface area contributed by atoms with Gasteiger partial charge in [0.2, 0.25) is 0 Å². The Kier molecular flexibility index (Phi) is 3.89. The van der Waals surface area contributed by atoms with Crippen molar-refractivity contribution >= 4 is 31.9 Å². The second-order valence-corrected chi connectivity index (χ2v) is 3.46. The molecular weight excluding hydrogens is 208 g/mol. The predicted molar refractivity (Wildman–Crippen MR) is 36.1 cm³/mol. The Labute approximate surface area is 54.2 Å². The molecule has 0 aromatic rings. The molecule has 0 saturated heterocycles. The first-order valence-corrected chi connectivity index (χ1v) is 2.99. The summed E-state index contributed by atoms with van der Waals surface area (Å²) in [6.07, 6.45) is 3.50. The molecule has 0 saturated carbocycles. The molecule has 0 fully saturated rings. The lowest BCUT2D eigenvalue weighted by Crippen LogP contribution is -1.40. The minimum atomic E-state index is 0.921. The highest BCUT2D eigenvalue weighted by molar-refractivity contribution is 9.28. The van der Waals surface area contributed by atoms with Crippen molar-refractivity contribution in [1.29, 1.82) is 0 Å². The van der Waals surface area contributed by atoms with Crippen LogP contribution in [0, 0.1) is 0 Å². The van der Waals surface area contributed by atoms with Crippen molar-refractivity contribution in [1.82, 2.24) is 0 Å². The van der Waals surface area contributed by atoms with Crippen molar-refractivity contribution in [3.05, 3.63) is 22.1 Å². The van der Waals surface area contributed by atoms with Crippen molar-refractivity contribution in [2.24, 2.45) is 0 Å². The summed E-state index contributed by atoms with van der Waals surface area (Å²) in [5.74, 6) is 0. The van der Waals surface area contributed by atoms with Gasteiger partial charge in [0, 0.05) is 0 Å². The van der Waals surface area contributed by atoms with E-state index in [1.165, 1.54) is 0 Å². The van der Waals surface area contributed by atoms with Gasteiger partial charge in [0.05, 0.1) is 3.39 Å². The van der Waals surface area contributed by atoms with E-state index >= 15 is 0 Å². The molecule has 0 aliphatic heterocycles. The number of halogens is 2. The van der Waals surface area contributed by atoms with Gasteiger partial charge < -0.3 is 0 Å². The van der Waals surface area contributed by atoms with Crippen LogP contribution in [0.15, 0.2) is 22.1 Å². The van der Waals surface area contributed by atoms with E-state index < -0.39 is 0 Å². The lowest BCUT2D eigenvalue weighted by atomic mass is 10.6. The molecule has 6 heavy (non-hydrogen) atoms. The van der Waals surface area contributed by atoms with Crippen molar-refractivity contribution in [3.63, 3.8) is 0 Å². The lowest BCUT2D eigenvalue weighted by molar-refractivity contribution is 2.11. The summed E-state index contributed by atoms with van der Waals surface area (Å²) in [6.45, 7) is 3.46. The Morgan fingerprint density at radius 1 is 1.50 bits per heavy atom. The Morgan fingerprint density at radius 2 is 2.00 bits per heavy atom. The maximum Gasteiger partial charge on any atom is 0.0603 e. The number of rotatable bonds is 1. The quantitative estimate of drug-likeness (QED) is 0.586. The van der Waals surface area contributed by atoms with Gasteiger partial charge in [-0.2, -0.15) is 0 Å². The Balaban J connectivity index is 3.41. The summed E-state index contributed by atoms with van der Waals surface area (Å²) in [4.78, 5) is 0. The number of allylic oxidation sites excluding steroid dienone is 2. The van der Waals surface area contributed by atoms with E-state index in [2.05, 4.69) is 38.4 Å². The number of hydrogen-bond acceptors (Lipinski definition) is 0. The third kappa shape index (κ3) is 4.44. The van der Waals surface area contributed by atoms with Crippen molar-refractivity contribution < 1.29 is 0 Å². The molecule has 0 amide bonds. The Bertz CT molecular complexity index is 69.6. The molecule has 0 bridgehead atoms. The molecule has 34 valence electrons. The first-order chi connectivity index (χ1) is 2.77. The number of hydrogen-bond donors (Lipinski definition) is 0. The van der Waals surface area contributed by atoms with Crippen LogP contribution >= 0.6 is 31.9 Å². The van der Waals surface area contributed by atoms with E-state index in [1.54, 1.807) is 12.2 Å². The van der Waals surface area contributed by atoms with E-state index in [1.807, 2.05) is 0 Å². The summed E-state index contributed by atoms with van der Waals surface area (Å²) in [5, 5.41) is 0. The zero-order valence-corrected chi connectivity index (χ0v) is 6.29. The fraction of sp³-hybridized carbons (Fsp3) is 0. The highest BCUT2D eigenvalue weighted by atomic mass is 79.9. The Morgan fingerprint density at radius 3 is 2.00 bits per heavy atom. The van der Waals surface area contributed by atoms with Crippen molar-refractivity contribution in [2.75, 3.05) is 0 Å². The SMILES string of the molecule is C=CC=C(Br)Br. The maximum absolute atomic E-state index is 3.46. The summed E-state index contributed by atoms with van der Waals surface area (Å²) < 4.78 is 0.921. The second kappa shape index (κ2) is 3.62. The molecule has 0 aromatic carbocycles. The lowest BCUT2D eigenvalue weighted by Gasteiger charge is -1.70. The molecule has 0 heterocycles. The molecule has 0 nitrogen and oxygen atoms in total. The summed E-state index contributed by atoms with van der Waals surface area (Å²) in [6, 6.07) is 0. The smallest absolute Gasteiger partial charge is 0.0603 e. The standard InChI is InChI=1S/C4H4Br2/c1-2-3-4(5)6/h2-3H,1H2. The van der Waals surface area contributed by atoms with Crippen LogP contribution in [0.3, 0.4) is 0 Å². The van der Waals surface area contributed by atoms with Crippen LogP contribution in [-0.2, 0) is 0 Å². The minimum Gasteiger partial charge on any atom is -0.0990 e. The van der Waals surface area contributed by atoms with Crippen molar-refractivity contribution in [2.45, 2.75) is 0 Å². The molecule has 0 radical (unpaired) electrons.